The van der Waals surface area contributed by atoms with Gasteiger partial charge in [-0.3, -0.25) is 14.2 Å². The number of hydrogen-bond acceptors (Lipinski definition) is 7. The van der Waals surface area contributed by atoms with Crippen LogP contribution >= 0.6 is 0 Å². The molecule has 0 saturated heterocycles. The molecule has 0 amide bonds. The molecular weight excluding hydrogens is 414 g/mol. The van der Waals surface area contributed by atoms with Gasteiger partial charge in [-0.2, -0.15) is 5.10 Å². The van der Waals surface area contributed by atoms with Crippen molar-refractivity contribution in [2.45, 2.75) is 19.4 Å². The van der Waals surface area contributed by atoms with Gasteiger partial charge in [-0.25, -0.2) is 9.97 Å². The summed E-state index contributed by atoms with van der Waals surface area (Å²) in [5, 5.41) is 13.0. The fourth-order valence-electron chi connectivity index (χ4n) is 4.38. The van der Waals surface area contributed by atoms with Gasteiger partial charge in [0.15, 0.2) is 17.5 Å². The highest BCUT2D eigenvalue weighted by atomic mass is 15.4. The van der Waals surface area contributed by atoms with Crippen LogP contribution in [-0.2, 0) is 7.05 Å². The second-order valence-corrected chi connectivity index (χ2v) is 7.89. The van der Waals surface area contributed by atoms with Crippen molar-refractivity contribution in [3.63, 3.8) is 0 Å². The van der Waals surface area contributed by atoms with E-state index in [0.29, 0.717) is 5.82 Å². The topological polar surface area (TPSA) is 90.4 Å². The van der Waals surface area contributed by atoms with Gasteiger partial charge < -0.3 is 4.90 Å². The van der Waals surface area contributed by atoms with E-state index in [2.05, 4.69) is 32.1 Å². The normalized spacial score (nSPS) is 14.7. The lowest BCUT2D eigenvalue weighted by atomic mass is 10.0. The van der Waals surface area contributed by atoms with Crippen molar-refractivity contribution in [2.24, 2.45) is 7.05 Å². The molecule has 0 spiro atoms. The Balaban J connectivity index is 1.57. The maximum atomic E-state index is 5.07. The highest BCUT2D eigenvalue weighted by Gasteiger charge is 2.35. The highest BCUT2D eigenvalue weighted by Crippen LogP contribution is 2.43. The van der Waals surface area contributed by atoms with Crippen molar-refractivity contribution in [3.8, 4) is 28.3 Å². The molecule has 4 aromatic heterocycles. The molecule has 0 bridgehead atoms. The van der Waals surface area contributed by atoms with Crippen molar-refractivity contribution in [3.05, 3.63) is 79.4 Å². The molecule has 33 heavy (non-hydrogen) atoms. The fourth-order valence-corrected chi connectivity index (χ4v) is 4.38. The Morgan fingerprint density at radius 2 is 1.88 bits per heavy atom. The number of rotatable bonds is 4. The average molecular weight is 435 g/mol. The lowest BCUT2D eigenvalue weighted by Crippen LogP contribution is -2.32. The third kappa shape index (κ3) is 3.08. The zero-order valence-electron chi connectivity index (χ0n) is 18.2. The molecule has 9 heteroatoms. The van der Waals surface area contributed by atoms with Crippen LogP contribution < -0.4 is 4.90 Å². The van der Waals surface area contributed by atoms with E-state index in [1.807, 2.05) is 72.7 Å². The molecule has 1 aliphatic rings. The third-order valence-corrected chi connectivity index (χ3v) is 5.87. The van der Waals surface area contributed by atoms with Crippen molar-refractivity contribution in [1.29, 1.82) is 0 Å². The van der Waals surface area contributed by atoms with Crippen LogP contribution in [0.1, 0.15) is 25.2 Å². The maximum absolute atomic E-state index is 5.07. The van der Waals surface area contributed by atoms with Gasteiger partial charge in [0.2, 0.25) is 0 Å². The molecule has 0 radical (unpaired) electrons. The summed E-state index contributed by atoms with van der Waals surface area (Å²) in [6.07, 6.45) is 10.0. The predicted molar refractivity (Wildman–Crippen MR) is 124 cm³/mol. The molecule has 1 atom stereocenters. The van der Waals surface area contributed by atoms with E-state index in [1.54, 1.807) is 17.2 Å². The molecule has 0 fully saturated rings. The molecule has 0 aliphatic carbocycles. The quantitative estimate of drug-likeness (QED) is 0.419. The molecule has 6 rings (SSSR count). The lowest BCUT2D eigenvalue weighted by Gasteiger charge is -2.35. The average Bonchev–Trinajstić information content (AvgIpc) is 3.52. The minimum absolute atomic E-state index is 0.0329. The molecular formula is C24H21N9. The smallest absolute Gasteiger partial charge is 0.163 e. The van der Waals surface area contributed by atoms with Crippen LogP contribution in [0.5, 0.6) is 0 Å². The SMILES string of the molecule is CC[C@@H]1c2nncn2-c2cnc(-c3cccnc3-c3ccccc3)nc2N1c1cnn(C)c1. The van der Waals surface area contributed by atoms with Gasteiger partial charge in [0.1, 0.15) is 12.0 Å². The van der Waals surface area contributed by atoms with E-state index in [9.17, 15) is 0 Å². The number of anilines is 2. The summed E-state index contributed by atoms with van der Waals surface area (Å²) >= 11 is 0. The summed E-state index contributed by atoms with van der Waals surface area (Å²) in [6, 6.07) is 14.0. The Labute approximate surface area is 190 Å². The number of aryl methyl sites for hydroxylation is 1. The highest BCUT2D eigenvalue weighted by molar-refractivity contribution is 5.79. The number of fused-ring (bicyclic) bond motifs is 3. The number of pyridine rings is 1. The summed E-state index contributed by atoms with van der Waals surface area (Å²) in [7, 11) is 1.91. The monoisotopic (exact) mass is 435 g/mol. The van der Waals surface area contributed by atoms with Gasteiger partial charge in [0.05, 0.1) is 29.8 Å². The van der Waals surface area contributed by atoms with Crippen LogP contribution in [0.15, 0.2) is 73.6 Å². The van der Waals surface area contributed by atoms with Crippen molar-refractivity contribution >= 4 is 11.5 Å². The van der Waals surface area contributed by atoms with Crippen LogP contribution in [0.3, 0.4) is 0 Å². The Kier molecular flexibility index (Phi) is 4.46. The fraction of sp³-hybridized carbons (Fsp3) is 0.167. The summed E-state index contributed by atoms with van der Waals surface area (Å²) in [6.45, 7) is 2.13. The minimum Gasteiger partial charge on any atom is -0.311 e. The molecule has 162 valence electrons. The van der Waals surface area contributed by atoms with Crippen molar-refractivity contribution < 1.29 is 0 Å². The van der Waals surface area contributed by atoms with Gasteiger partial charge in [-0.15, -0.1) is 10.2 Å². The van der Waals surface area contributed by atoms with E-state index in [-0.39, 0.29) is 6.04 Å². The molecule has 0 saturated carbocycles. The predicted octanol–water partition coefficient (Wildman–Crippen LogP) is 4.12. The van der Waals surface area contributed by atoms with E-state index >= 15 is 0 Å². The van der Waals surface area contributed by atoms with Gasteiger partial charge in [-0.1, -0.05) is 37.3 Å². The van der Waals surface area contributed by atoms with Crippen LogP contribution in [0.4, 0.5) is 11.5 Å². The van der Waals surface area contributed by atoms with Gasteiger partial charge in [0, 0.05) is 30.6 Å². The van der Waals surface area contributed by atoms with Crippen LogP contribution in [0.25, 0.3) is 28.3 Å². The molecule has 9 nitrogen and oxygen atoms in total. The molecule has 5 heterocycles. The minimum atomic E-state index is -0.0329. The first kappa shape index (κ1) is 19.3. The lowest BCUT2D eigenvalue weighted by molar-refractivity contribution is 0.589. The van der Waals surface area contributed by atoms with Crippen molar-refractivity contribution in [2.75, 3.05) is 4.90 Å². The Hall–Kier alpha value is -4.40. The third-order valence-electron chi connectivity index (χ3n) is 5.87. The standard InChI is InChI=1S/C24H21N9/c1-3-19-24-30-27-15-32(24)20-13-26-22(29-23(20)33(19)17-12-28-31(2)14-17)18-10-7-11-25-21(18)16-8-5-4-6-9-16/h4-15,19H,3H2,1-2H3/t19-/m1/s1. The molecule has 0 unspecified atom stereocenters. The molecule has 1 aliphatic heterocycles. The first-order valence-corrected chi connectivity index (χ1v) is 10.8. The van der Waals surface area contributed by atoms with Gasteiger partial charge >= 0.3 is 0 Å². The van der Waals surface area contributed by atoms with E-state index in [4.69, 9.17) is 9.97 Å². The van der Waals surface area contributed by atoms with E-state index < -0.39 is 0 Å². The zero-order valence-corrected chi connectivity index (χ0v) is 18.2. The zero-order chi connectivity index (χ0) is 22.4. The second-order valence-electron chi connectivity index (χ2n) is 7.89. The summed E-state index contributed by atoms with van der Waals surface area (Å²) in [4.78, 5) is 16.6. The Morgan fingerprint density at radius 1 is 1.00 bits per heavy atom. The van der Waals surface area contributed by atoms with Gasteiger partial charge in [0.25, 0.3) is 0 Å². The van der Waals surface area contributed by atoms with Crippen molar-refractivity contribution in [1.82, 2.24) is 39.5 Å². The molecule has 1 aromatic carbocycles. The summed E-state index contributed by atoms with van der Waals surface area (Å²) in [5.41, 5.74) is 4.52. The largest absolute Gasteiger partial charge is 0.311 e. The number of nitrogens with zero attached hydrogens (tertiary/aromatic N) is 9. The maximum Gasteiger partial charge on any atom is 0.163 e. The van der Waals surface area contributed by atoms with Crippen LogP contribution in [0, 0.1) is 0 Å². The first-order chi connectivity index (χ1) is 16.2. The van der Waals surface area contributed by atoms with E-state index in [0.717, 1.165) is 46.3 Å². The van der Waals surface area contributed by atoms with Crippen LogP contribution in [-0.4, -0.2) is 39.5 Å². The Morgan fingerprint density at radius 3 is 2.67 bits per heavy atom. The number of hydrogen-bond donors (Lipinski definition) is 0. The van der Waals surface area contributed by atoms with E-state index in [1.165, 1.54) is 0 Å². The number of benzene rings is 1. The van der Waals surface area contributed by atoms with Gasteiger partial charge in [-0.05, 0) is 18.6 Å². The summed E-state index contributed by atoms with van der Waals surface area (Å²) in [5.74, 6) is 2.26. The first-order valence-electron chi connectivity index (χ1n) is 10.8. The summed E-state index contributed by atoms with van der Waals surface area (Å²) < 4.78 is 3.76. The molecule has 5 aromatic rings. The number of aromatic nitrogens is 8. The Bertz CT molecular complexity index is 1440. The van der Waals surface area contributed by atoms with Crippen LogP contribution in [0.2, 0.25) is 0 Å². The second kappa shape index (κ2) is 7.63. The molecule has 0 N–H and O–H groups in total.